The van der Waals surface area contributed by atoms with E-state index in [-0.39, 0.29) is 18.4 Å². The number of amides is 1. The molecule has 1 heterocycles. The highest BCUT2D eigenvalue weighted by Crippen LogP contribution is 2.50. The van der Waals surface area contributed by atoms with Crippen molar-refractivity contribution in [3.63, 3.8) is 0 Å². The van der Waals surface area contributed by atoms with Crippen LogP contribution in [0.3, 0.4) is 0 Å². The number of rotatable bonds is 7. The Labute approximate surface area is 165 Å². The number of methoxy groups -OCH3 is 2. The van der Waals surface area contributed by atoms with Crippen LogP contribution in [0, 0.1) is 5.92 Å². The summed E-state index contributed by atoms with van der Waals surface area (Å²) in [7, 11) is 3.04. The molecular weight excluding hydrogens is 356 g/mol. The van der Waals surface area contributed by atoms with Crippen molar-refractivity contribution in [3.05, 3.63) is 47.5 Å². The zero-order valence-corrected chi connectivity index (χ0v) is 16.9. The van der Waals surface area contributed by atoms with Gasteiger partial charge in [0.25, 0.3) is 0 Å². The molecule has 1 amide bonds. The van der Waals surface area contributed by atoms with Crippen LogP contribution in [-0.4, -0.2) is 36.8 Å². The van der Waals surface area contributed by atoms with Gasteiger partial charge in [-0.15, -0.1) is 0 Å². The predicted molar refractivity (Wildman–Crippen MR) is 108 cm³/mol. The van der Waals surface area contributed by atoms with Crippen molar-refractivity contribution in [1.82, 2.24) is 4.98 Å². The number of aliphatic hydroxyl groups excluding tert-OH is 1. The first-order valence-electron chi connectivity index (χ1n) is 9.56. The van der Waals surface area contributed by atoms with Crippen LogP contribution in [-0.2, 0) is 10.2 Å². The van der Waals surface area contributed by atoms with E-state index in [1.807, 2.05) is 18.2 Å². The normalized spacial score (nSPS) is 21.1. The number of hydrogen-bond donors (Lipinski definition) is 2. The van der Waals surface area contributed by atoms with Crippen molar-refractivity contribution in [1.29, 1.82) is 0 Å². The van der Waals surface area contributed by atoms with Crippen molar-refractivity contribution < 1.29 is 19.4 Å². The van der Waals surface area contributed by atoms with Gasteiger partial charge in [-0.2, -0.15) is 4.98 Å². The molecular formula is C22H28N2O4. The molecule has 6 heteroatoms. The summed E-state index contributed by atoms with van der Waals surface area (Å²) in [6.45, 7) is 4.35. The molecule has 0 radical (unpaired) electrons. The Hall–Kier alpha value is -2.60. The van der Waals surface area contributed by atoms with Gasteiger partial charge in [0.1, 0.15) is 5.69 Å². The van der Waals surface area contributed by atoms with E-state index >= 15 is 0 Å². The van der Waals surface area contributed by atoms with Crippen molar-refractivity contribution in [2.24, 2.45) is 5.92 Å². The fourth-order valence-electron chi connectivity index (χ4n) is 4.05. The highest BCUT2D eigenvalue weighted by Gasteiger charge is 2.52. The number of pyridine rings is 1. The largest absolute Gasteiger partial charge is 0.481 e. The molecule has 0 atom stereocenters. The minimum Gasteiger partial charge on any atom is -0.481 e. The highest BCUT2D eigenvalue weighted by atomic mass is 16.5. The molecule has 1 aliphatic rings. The summed E-state index contributed by atoms with van der Waals surface area (Å²) in [6, 6.07) is 11.5. The molecule has 2 aromatic rings. The van der Waals surface area contributed by atoms with E-state index in [1.54, 1.807) is 12.1 Å². The summed E-state index contributed by atoms with van der Waals surface area (Å²) in [5.74, 6) is 1.04. The molecule has 2 N–H and O–H groups in total. The van der Waals surface area contributed by atoms with Crippen LogP contribution in [0.2, 0.25) is 0 Å². The Morgan fingerprint density at radius 1 is 1.21 bits per heavy atom. The van der Waals surface area contributed by atoms with E-state index in [0.29, 0.717) is 36.2 Å². The van der Waals surface area contributed by atoms with Crippen LogP contribution in [0.5, 0.6) is 11.8 Å². The standard InChI is InChI=1S/C22H28N2O4/c1-14(2)16-7-5-6-8-17(16)22(11-15(12-22)13-25)21(26)23-18-9-10-19(27-3)24-20(18)28-4/h5-10,14-15,25H,11-13H2,1-4H3,(H,23,26). The maximum atomic E-state index is 13.5. The summed E-state index contributed by atoms with van der Waals surface area (Å²) in [6.07, 6.45) is 1.23. The third kappa shape index (κ3) is 3.56. The minimum atomic E-state index is -0.667. The lowest BCUT2D eigenvalue weighted by Gasteiger charge is -2.47. The number of aromatic nitrogens is 1. The number of anilines is 1. The molecule has 1 fully saturated rings. The van der Waals surface area contributed by atoms with Crippen molar-refractivity contribution in [2.45, 2.75) is 38.0 Å². The van der Waals surface area contributed by atoms with Gasteiger partial charge >= 0.3 is 0 Å². The Kier molecular flexibility index (Phi) is 5.89. The average molecular weight is 384 g/mol. The number of nitrogens with zero attached hydrogens (tertiary/aromatic N) is 1. The lowest BCUT2D eigenvalue weighted by Crippen LogP contribution is -2.52. The van der Waals surface area contributed by atoms with Crippen LogP contribution >= 0.6 is 0 Å². The predicted octanol–water partition coefficient (Wildman–Crippen LogP) is 3.50. The topological polar surface area (TPSA) is 80.7 Å². The summed E-state index contributed by atoms with van der Waals surface area (Å²) in [5, 5.41) is 12.6. The first-order valence-corrected chi connectivity index (χ1v) is 9.56. The van der Waals surface area contributed by atoms with Crippen LogP contribution in [0.4, 0.5) is 5.69 Å². The maximum absolute atomic E-state index is 13.5. The van der Waals surface area contributed by atoms with E-state index in [2.05, 4.69) is 30.2 Å². The lowest BCUT2D eigenvalue weighted by atomic mass is 9.57. The second-order valence-electron chi connectivity index (χ2n) is 7.65. The average Bonchev–Trinajstić information content (AvgIpc) is 2.68. The van der Waals surface area contributed by atoms with Gasteiger partial charge < -0.3 is 19.9 Å². The number of ether oxygens (including phenoxy) is 2. The third-order valence-electron chi connectivity index (χ3n) is 5.55. The summed E-state index contributed by atoms with van der Waals surface area (Å²) >= 11 is 0. The number of carbonyl (C=O) groups is 1. The lowest BCUT2D eigenvalue weighted by molar-refractivity contribution is -0.127. The molecule has 1 aromatic carbocycles. The second-order valence-corrected chi connectivity index (χ2v) is 7.65. The van der Waals surface area contributed by atoms with Gasteiger partial charge in [0.05, 0.1) is 19.6 Å². The number of aliphatic hydroxyl groups is 1. The molecule has 28 heavy (non-hydrogen) atoms. The quantitative estimate of drug-likeness (QED) is 0.764. The van der Waals surface area contributed by atoms with Gasteiger partial charge in [-0.05, 0) is 41.9 Å². The molecule has 1 aliphatic carbocycles. The Morgan fingerprint density at radius 2 is 1.93 bits per heavy atom. The van der Waals surface area contributed by atoms with Gasteiger partial charge in [-0.1, -0.05) is 38.1 Å². The monoisotopic (exact) mass is 384 g/mol. The van der Waals surface area contributed by atoms with Crippen LogP contribution in [0.25, 0.3) is 0 Å². The van der Waals surface area contributed by atoms with E-state index in [0.717, 1.165) is 11.1 Å². The molecule has 150 valence electrons. The molecule has 0 aliphatic heterocycles. The molecule has 0 bridgehead atoms. The molecule has 0 spiro atoms. The van der Waals surface area contributed by atoms with Crippen LogP contribution < -0.4 is 14.8 Å². The van der Waals surface area contributed by atoms with Crippen molar-refractivity contribution in [3.8, 4) is 11.8 Å². The first-order chi connectivity index (χ1) is 13.4. The van der Waals surface area contributed by atoms with Gasteiger partial charge in [0, 0.05) is 12.7 Å². The summed E-state index contributed by atoms with van der Waals surface area (Å²) in [5.41, 5.74) is 2.03. The first kappa shape index (κ1) is 20.1. The second kappa shape index (κ2) is 8.19. The van der Waals surface area contributed by atoms with E-state index in [4.69, 9.17) is 9.47 Å². The van der Waals surface area contributed by atoms with E-state index < -0.39 is 5.41 Å². The zero-order valence-electron chi connectivity index (χ0n) is 16.9. The molecule has 0 unspecified atom stereocenters. The summed E-state index contributed by atoms with van der Waals surface area (Å²) < 4.78 is 10.4. The Balaban J connectivity index is 1.97. The maximum Gasteiger partial charge on any atom is 0.240 e. The molecule has 1 aromatic heterocycles. The molecule has 1 saturated carbocycles. The van der Waals surface area contributed by atoms with Gasteiger partial charge in [-0.25, -0.2) is 0 Å². The van der Waals surface area contributed by atoms with Gasteiger partial charge in [-0.3, -0.25) is 4.79 Å². The summed E-state index contributed by atoms with van der Waals surface area (Å²) in [4.78, 5) is 17.7. The van der Waals surface area contributed by atoms with Crippen LogP contribution in [0.15, 0.2) is 36.4 Å². The van der Waals surface area contributed by atoms with E-state index in [9.17, 15) is 9.90 Å². The van der Waals surface area contributed by atoms with E-state index in [1.165, 1.54) is 14.2 Å². The smallest absolute Gasteiger partial charge is 0.240 e. The van der Waals surface area contributed by atoms with Crippen molar-refractivity contribution in [2.75, 3.05) is 26.1 Å². The fourth-order valence-corrected chi connectivity index (χ4v) is 4.05. The zero-order chi connectivity index (χ0) is 20.3. The van der Waals surface area contributed by atoms with Crippen LogP contribution in [0.1, 0.15) is 43.7 Å². The fraction of sp³-hybridized carbons (Fsp3) is 0.455. The molecule has 3 rings (SSSR count). The highest BCUT2D eigenvalue weighted by molar-refractivity contribution is 6.01. The number of hydrogen-bond acceptors (Lipinski definition) is 5. The third-order valence-corrected chi connectivity index (χ3v) is 5.55. The number of benzene rings is 1. The minimum absolute atomic E-state index is 0.0896. The Morgan fingerprint density at radius 3 is 2.54 bits per heavy atom. The van der Waals surface area contributed by atoms with Crippen molar-refractivity contribution >= 4 is 11.6 Å². The number of carbonyl (C=O) groups excluding carboxylic acids is 1. The molecule has 0 saturated heterocycles. The Bertz CT molecular complexity index is 844. The van der Waals surface area contributed by atoms with Gasteiger partial charge in [0.2, 0.25) is 17.7 Å². The number of nitrogens with one attached hydrogen (secondary N) is 1. The SMILES string of the molecule is COc1ccc(NC(=O)C2(c3ccccc3C(C)C)CC(CO)C2)c(OC)n1. The molecule has 6 nitrogen and oxygen atoms in total. The van der Waals surface area contributed by atoms with Gasteiger partial charge in [0.15, 0.2) is 0 Å².